The monoisotopic (exact) mass is 280 g/mol. The number of esters is 1. The van der Waals surface area contributed by atoms with E-state index in [4.69, 9.17) is 9.26 Å². The quantitative estimate of drug-likeness (QED) is 0.741. The summed E-state index contributed by atoms with van der Waals surface area (Å²) in [7, 11) is 0. The average molecular weight is 280 g/mol. The number of aryl methyl sites for hydroxylation is 1. The highest BCUT2D eigenvalue weighted by Gasteiger charge is 2.35. The second-order valence-electron chi connectivity index (χ2n) is 5.40. The van der Waals surface area contributed by atoms with Crippen LogP contribution in [0.15, 0.2) is 4.52 Å². The fraction of sp³-hybridized carbons (Fsp3) is 0.769. The van der Waals surface area contributed by atoms with Crippen molar-refractivity contribution in [1.82, 2.24) is 19.9 Å². The van der Waals surface area contributed by atoms with Gasteiger partial charge in [-0.2, -0.15) is 4.98 Å². The van der Waals surface area contributed by atoms with E-state index >= 15 is 0 Å². The molecule has 20 heavy (non-hydrogen) atoms. The molecule has 2 aliphatic rings. The summed E-state index contributed by atoms with van der Waals surface area (Å²) in [5.74, 6) is 1.26. The predicted octanol–water partition coefficient (Wildman–Crippen LogP) is 0.372. The Morgan fingerprint density at radius 2 is 2.05 bits per heavy atom. The third kappa shape index (κ3) is 2.55. The van der Waals surface area contributed by atoms with E-state index in [1.807, 2.05) is 6.92 Å². The van der Waals surface area contributed by atoms with Crippen LogP contribution in [0.5, 0.6) is 0 Å². The van der Waals surface area contributed by atoms with E-state index in [9.17, 15) is 4.79 Å². The molecular weight excluding hydrogens is 260 g/mol. The molecule has 110 valence electrons. The number of hydrogen-bond acceptors (Lipinski definition) is 7. The first kappa shape index (κ1) is 13.5. The van der Waals surface area contributed by atoms with Crippen molar-refractivity contribution in [3.63, 3.8) is 0 Å². The Kier molecular flexibility index (Phi) is 3.71. The fourth-order valence-corrected chi connectivity index (χ4v) is 2.89. The molecular formula is C13H20N4O3. The SMILES string of the molecule is Cc1noc(C(C)N2CCN(C3CCOC3=O)CC2)n1. The summed E-state index contributed by atoms with van der Waals surface area (Å²) >= 11 is 0. The van der Waals surface area contributed by atoms with E-state index in [-0.39, 0.29) is 18.1 Å². The molecule has 0 N–H and O–H groups in total. The number of carbonyl (C=O) groups is 1. The molecule has 3 rings (SSSR count). The van der Waals surface area contributed by atoms with E-state index in [0.29, 0.717) is 18.3 Å². The van der Waals surface area contributed by atoms with Gasteiger partial charge in [-0.3, -0.25) is 14.6 Å². The zero-order valence-electron chi connectivity index (χ0n) is 11.9. The van der Waals surface area contributed by atoms with E-state index in [1.54, 1.807) is 0 Å². The lowest BCUT2D eigenvalue weighted by molar-refractivity contribution is -0.143. The lowest BCUT2D eigenvalue weighted by Crippen LogP contribution is -2.52. The molecule has 2 fully saturated rings. The Labute approximate surface area is 117 Å². The van der Waals surface area contributed by atoms with Gasteiger partial charge >= 0.3 is 5.97 Å². The molecule has 2 saturated heterocycles. The van der Waals surface area contributed by atoms with Crippen LogP contribution in [0.2, 0.25) is 0 Å². The molecule has 7 nitrogen and oxygen atoms in total. The molecule has 0 saturated carbocycles. The van der Waals surface area contributed by atoms with Gasteiger partial charge < -0.3 is 9.26 Å². The van der Waals surface area contributed by atoms with Crippen molar-refractivity contribution in [3.05, 3.63) is 11.7 Å². The minimum absolute atomic E-state index is 0.0434. The van der Waals surface area contributed by atoms with Gasteiger partial charge in [0.15, 0.2) is 5.82 Å². The largest absolute Gasteiger partial charge is 0.464 e. The van der Waals surface area contributed by atoms with E-state index in [1.165, 1.54) is 0 Å². The maximum absolute atomic E-state index is 11.6. The first-order chi connectivity index (χ1) is 9.65. The number of rotatable bonds is 3. The maximum Gasteiger partial charge on any atom is 0.323 e. The van der Waals surface area contributed by atoms with Crippen molar-refractivity contribution < 1.29 is 14.1 Å². The number of cyclic esters (lactones) is 1. The second-order valence-corrected chi connectivity index (χ2v) is 5.40. The molecule has 0 spiro atoms. The summed E-state index contributed by atoms with van der Waals surface area (Å²) in [4.78, 5) is 20.4. The van der Waals surface area contributed by atoms with Crippen LogP contribution in [-0.2, 0) is 9.53 Å². The van der Waals surface area contributed by atoms with Crippen LogP contribution in [0.4, 0.5) is 0 Å². The highest BCUT2D eigenvalue weighted by molar-refractivity contribution is 5.77. The van der Waals surface area contributed by atoms with E-state index < -0.39 is 0 Å². The first-order valence-electron chi connectivity index (χ1n) is 7.10. The van der Waals surface area contributed by atoms with Crippen molar-refractivity contribution in [1.29, 1.82) is 0 Å². The van der Waals surface area contributed by atoms with Gasteiger partial charge in [0.05, 0.1) is 12.6 Å². The van der Waals surface area contributed by atoms with Crippen LogP contribution in [0, 0.1) is 6.92 Å². The number of carbonyl (C=O) groups excluding carboxylic acids is 1. The normalized spacial score (nSPS) is 26.7. The number of piperazine rings is 1. The summed E-state index contributed by atoms with van der Waals surface area (Å²) in [5.41, 5.74) is 0. The van der Waals surface area contributed by atoms with Crippen LogP contribution >= 0.6 is 0 Å². The highest BCUT2D eigenvalue weighted by Crippen LogP contribution is 2.22. The molecule has 0 aromatic carbocycles. The molecule has 1 aromatic heterocycles. The van der Waals surface area contributed by atoms with Gasteiger partial charge in [-0.25, -0.2) is 0 Å². The van der Waals surface area contributed by atoms with Crippen LogP contribution in [-0.4, -0.2) is 64.7 Å². The lowest BCUT2D eigenvalue weighted by Gasteiger charge is -2.38. The zero-order valence-corrected chi connectivity index (χ0v) is 11.9. The Morgan fingerprint density at radius 3 is 2.60 bits per heavy atom. The molecule has 2 atom stereocenters. The summed E-state index contributed by atoms with van der Waals surface area (Å²) in [6.07, 6.45) is 0.817. The fourth-order valence-electron chi connectivity index (χ4n) is 2.89. The Balaban J connectivity index is 1.57. The first-order valence-corrected chi connectivity index (χ1v) is 7.10. The standard InChI is InChI=1S/C13H20N4O3/c1-9(12-14-10(2)15-20-12)16-4-6-17(7-5-16)11-3-8-19-13(11)18/h9,11H,3-8H2,1-2H3. The highest BCUT2D eigenvalue weighted by atomic mass is 16.5. The molecule has 0 bridgehead atoms. The van der Waals surface area contributed by atoms with Crippen molar-refractivity contribution in [2.45, 2.75) is 32.4 Å². The Bertz CT molecular complexity index is 482. The maximum atomic E-state index is 11.6. The van der Waals surface area contributed by atoms with Gasteiger partial charge in [-0.1, -0.05) is 5.16 Å². The van der Waals surface area contributed by atoms with E-state index in [0.717, 1.165) is 32.6 Å². The molecule has 0 radical (unpaired) electrons. The Hall–Kier alpha value is -1.47. The van der Waals surface area contributed by atoms with E-state index in [2.05, 4.69) is 26.9 Å². The van der Waals surface area contributed by atoms with Gasteiger partial charge in [0.2, 0.25) is 5.89 Å². The number of aromatic nitrogens is 2. The van der Waals surface area contributed by atoms with Crippen molar-refractivity contribution in [2.24, 2.45) is 0 Å². The third-order valence-electron chi connectivity index (χ3n) is 4.15. The molecule has 2 unspecified atom stereocenters. The van der Waals surface area contributed by atoms with Gasteiger partial charge in [-0.15, -0.1) is 0 Å². The van der Waals surface area contributed by atoms with Gasteiger partial charge in [-0.05, 0) is 13.8 Å². The molecule has 0 aliphatic carbocycles. The summed E-state index contributed by atoms with van der Waals surface area (Å²) < 4.78 is 10.3. The zero-order chi connectivity index (χ0) is 14.1. The van der Waals surface area contributed by atoms with Gasteiger partial charge in [0.1, 0.15) is 6.04 Å². The average Bonchev–Trinajstić information content (AvgIpc) is 3.07. The number of ether oxygens (including phenoxy) is 1. The molecule has 3 heterocycles. The smallest absolute Gasteiger partial charge is 0.323 e. The molecule has 2 aliphatic heterocycles. The molecule has 1 aromatic rings. The number of hydrogen-bond donors (Lipinski definition) is 0. The van der Waals surface area contributed by atoms with Crippen LogP contribution < -0.4 is 0 Å². The van der Waals surface area contributed by atoms with Gasteiger partial charge in [0, 0.05) is 32.6 Å². The lowest BCUT2D eigenvalue weighted by atomic mass is 10.1. The van der Waals surface area contributed by atoms with Crippen molar-refractivity contribution in [2.75, 3.05) is 32.8 Å². The topological polar surface area (TPSA) is 71.7 Å². The van der Waals surface area contributed by atoms with Gasteiger partial charge in [0.25, 0.3) is 0 Å². The minimum atomic E-state index is -0.0703. The molecule has 0 amide bonds. The summed E-state index contributed by atoms with van der Waals surface area (Å²) in [6.45, 7) is 7.99. The number of nitrogens with zero attached hydrogens (tertiary/aromatic N) is 4. The minimum Gasteiger partial charge on any atom is -0.464 e. The predicted molar refractivity (Wildman–Crippen MR) is 70.0 cm³/mol. The third-order valence-corrected chi connectivity index (χ3v) is 4.15. The molecule has 7 heteroatoms. The van der Waals surface area contributed by atoms with Crippen LogP contribution in [0.3, 0.4) is 0 Å². The van der Waals surface area contributed by atoms with Crippen LogP contribution in [0.25, 0.3) is 0 Å². The second kappa shape index (κ2) is 5.49. The van der Waals surface area contributed by atoms with Crippen molar-refractivity contribution in [3.8, 4) is 0 Å². The summed E-state index contributed by atoms with van der Waals surface area (Å²) in [5, 5.41) is 3.84. The Morgan fingerprint density at radius 1 is 1.30 bits per heavy atom. The van der Waals surface area contributed by atoms with Crippen LogP contribution in [0.1, 0.15) is 31.1 Å². The summed E-state index contributed by atoms with van der Waals surface area (Å²) in [6, 6.07) is 0.0759. The van der Waals surface area contributed by atoms with Crippen molar-refractivity contribution >= 4 is 5.97 Å².